The molecule has 2 fully saturated rings. The summed E-state index contributed by atoms with van der Waals surface area (Å²) in [7, 11) is 2.05. The first-order valence-electron chi connectivity index (χ1n) is 8.14. The molecule has 6 unspecified atom stereocenters. The predicted octanol–water partition coefficient (Wildman–Crippen LogP) is -0.881. The van der Waals surface area contributed by atoms with Gasteiger partial charge in [0.15, 0.2) is 6.10 Å². The van der Waals surface area contributed by atoms with Gasteiger partial charge in [-0.3, -0.25) is 4.90 Å². The van der Waals surface area contributed by atoms with Crippen LogP contribution in [0, 0.1) is 0 Å². The summed E-state index contributed by atoms with van der Waals surface area (Å²) in [4.78, 5) is 17.5. The van der Waals surface area contributed by atoms with Crippen LogP contribution in [0.25, 0.3) is 0 Å². The smallest absolute Gasteiger partial charge is 0.335 e. The minimum atomic E-state index is -1.75. The number of likely N-dealkylation sites (tertiary alicyclic amines) is 1. The van der Waals surface area contributed by atoms with Crippen molar-refractivity contribution in [3.8, 4) is 5.88 Å². The van der Waals surface area contributed by atoms with Crippen LogP contribution in [-0.4, -0.2) is 80.6 Å². The van der Waals surface area contributed by atoms with Gasteiger partial charge in [0.05, 0.1) is 0 Å². The van der Waals surface area contributed by atoms with E-state index in [1.54, 1.807) is 12.3 Å². The molecule has 2 saturated heterocycles. The molecular weight excluding hydrogens is 332 g/mol. The molecular formula is C16H22N2O7. The Morgan fingerprint density at radius 1 is 1.28 bits per heavy atom. The van der Waals surface area contributed by atoms with E-state index in [-0.39, 0.29) is 5.88 Å². The molecule has 6 atom stereocenters. The van der Waals surface area contributed by atoms with E-state index >= 15 is 0 Å². The fourth-order valence-electron chi connectivity index (χ4n) is 3.26. The van der Waals surface area contributed by atoms with Crippen LogP contribution in [0.15, 0.2) is 18.3 Å². The monoisotopic (exact) mass is 354 g/mol. The molecule has 0 bridgehead atoms. The van der Waals surface area contributed by atoms with Crippen molar-refractivity contribution >= 4 is 5.97 Å². The van der Waals surface area contributed by atoms with Crippen molar-refractivity contribution in [1.29, 1.82) is 0 Å². The van der Waals surface area contributed by atoms with Crippen molar-refractivity contribution < 1.29 is 34.7 Å². The third kappa shape index (κ3) is 3.60. The Balaban J connectivity index is 1.69. The van der Waals surface area contributed by atoms with E-state index in [4.69, 9.17) is 14.6 Å². The molecule has 4 N–H and O–H groups in total. The van der Waals surface area contributed by atoms with Crippen LogP contribution in [0.4, 0.5) is 0 Å². The van der Waals surface area contributed by atoms with E-state index in [0.29, 0.717) is 6.04 Å². The summed E-state index contributed by atoms with van der Waals surface area (Å²) in [6.07, 6.45) is -4.37. The maximum Gasteiger partial charge on any atom is 0.335 e. The SMILES string of the molecule is CN1CCCC1c1ccc(OC2OC(C(=O)O)C(O)C(O)C2O)nc1. The van der Waals surface area contributed by atoms with Crippen LogP contribution >= 0.6 is 0 Å². The van der Waals surface area contributed by atoms with Gasteiger partial charge in [-0.15, -0.1) is 0 Å². The second kappa shape index (κ2) is 7.22. The number of rotatable bonds is 4. The van der Waals surface area contributed by atoms with E-state index in [1.165, 1.54) is 0 Å². The largest absolute Gasteiger partial charge is 0.479 e. The van der Waals surface area contributed by atoms with E-state index in [1.807, 2.05) is 13.1 Å². The minimum absolute atomic E-state index is 0.126. The van der Waals surface area contributed by atoms with Crippen LogP contribution in [-0.2, 0) is 9.53 Å². The van der Waals surface area contributed by atoms with Gasteiger partial charge in [0.25, 0.3) is 0 Å². The van der Waals surface area contributed by atoms with E-state index < -0.39 is 36.7 Å². The molecule has 0 amide bonds. The second-order valence-electron chi connectivity index (χ2n) is 6.42. The van der Waals surface area contributed by atoms with E-state index in [0.717, 1.165) is 24.9 Å². The van der Waals surface area contributed by atoms with Crippen LogP contribution in [0.2, 0.25) is 0 Å². The highest BCUT2D eigenvalue weighted by molar-refractivity contribution is 5.73. The second-order valence-corrected chi connectivity index (χ2v) is 6.42. The van der Waals surface area contributed by atoms with Crippen LogP contribution in [0.3, 0.4) is 0 Å². The number of aliphatic hydroxyl groups excluding tert-OH is 3. The van der Waals surface area contributed by atoms with E-state index in [2.05, 4.69) is 9.88 Å². The number of pyridine rings is 1. The van der Waals surface area contributed by atoms with Gasteiger partial charge in [-0.2, -0.15) is 0 Å². The van der Waals surface area contributed by atoms with Crippen molar-refractivity contribution in [2.75, 3.05) is 13.6 Å². The van der Waals surface area contributed by atoms with Gasteiger partial charge in [0, 0.05) is 18.3 Å². The molecule has 25 heavy (non-hydrogen) atoms. The molecule has 0 aromatic carbocycles. The number of carbonyl (C=O) groups is 1. The predicted molar refractivity (Wildman–Crippen MR) is 83.8 cm³/mol. The molecule has 1 aromatic heterocycles. The molecule has 3 rings (SSSR count). The maximum atomic E-state index is 11.1. The molecule has 9 nitrogen and oxygen atoms in total. The Labute approximate surface area is 144 Å². The molecule has 9 heteroatoms. The van der Waals surface area contributed by atoms with Crippen molar-refractivity contribution in [2.45, 2.75) is 49.6 Å². The molecule has 0 spiro atoms. The van der Waals surface area contributed by atoms with Gasteiger partial charge in [-0.05, 0) is 32.0 Å². The average Bonchev–Trinajstić information content (AvgIpc) is 3.01. The topological polar surface area (TPSA) is 133 Å². The summed E-state index contributed by atoms with van der Waals surface area (Å²) in [6.45, 7) is 1.03. The summed E-state index contributed by atoms with van der Waals surface area (Å²) in [5, 5.41) is 38.4. The van der Waals surface area contributed by atoms with Crippen LogP contribution in [0.1, 0.15) is 24.4 Å². The fourth-order valence-corrected chi connectivity index (χ4v) is 3.26. The number of aliphatic carboxylic acids is 1. The first kappa shape index (κ1) is 18.0. The first-order valence-corrected chi connectivity index (χ1v) is 8.14. The van der Waals surface area contributed by atoms with Crippen molar-refractivity contribution in [3.05, 3.63) is 23.9 Å². The lowest BCUT2D eigenvalue weighted by Gasteiger charge is -2.38. The zero-order valence-electron chi connectivity index (χ0n) is 13.7. The Bertz CT molecular complexity index is 611. The van der Waals surface area contributed by atoms with Crippen molar-refractivity contribution in [1.82, 2.24) is 9.88 Å². The molecule has 0 saturated carbocycles. The zero-order chi connectivity index (χ0) is 18.1. The molecule has 3 heterocycles. The molecule has 138 valence electrons. The summed E-state index contributed by atoms with van der Waals surface area (Å²) in [5.74, 6) is -1.33. The quantitative estimate of drug-likeness (QED) is 0.544. The third-order valence-corrected chi connectivity index (χ3v) is 4.71. The zero-order valence-corrected chi connectivity index (χ0v) is 13.7. The van der Waals surface area contributed by atoms with Gasteiger partial charge in [0.2, 0.25) is 12.2 Å². The first-order chi connectivity index (χ1) is 11.9. The lowest BCUT2D eigenvalue weighted by molar-refractivity contribution is -0.271. The molecule has 0 radical (unpaired) electrons. The Morgan fingerprint density at radius 2 is 2.04 bits per heavy atom. The number of aliphatic hydroxyl groups is 3. The lowest BCUT2D eigenvalue weighted by atomic mass is 9.99. The van der Waals surface area contributed by atoms with E-state index in [9.17, 15) is 20.1 Å². The Hall–Kier alpha value is -1.78. The maximum absolute atomic E-state index is 11.1. The highest BCUT2D eigenvalue weighted by atomic mass is 16.7. The van der Waals surface area contributed by atoms with Crippen molar-refractivity contribution in [3.63, 3.8) is 0 Å². The summed E-state index contributed by atoms with van der Waals surface area (Å²) in [6, 6.07) is 3.75. The minimum Gasteiger partial charge on any atom is -0.479 e. The van der Waals surface area contributed by atoms with Gasteiger partial charge < -0.3 is 29.9 Å². The van der Waals surface area contributed by atoms with Gasteiger partial charge in [-0.1, -0.05) is 6.07 Å². The standard InChI is InChI=1S/C16H22N2O7/c1-18-6-2-3-9(18)8-4-5-10(17-7-8)24-16-13(21)11(19)12(20)14(25-16)15(22)23/h4-5,7,9,11-14,16,19-21H,2-3,6H2,1H3,(H,22,23). The molecule has 2 aliphatic heterocycles. The van der Waals surface area contributed by atoms with Crippen LogP contribution < -0.4 is 4.74 Å². The summed E-state index contributed by atoms with van der Waals surface area (Å²) in [5.41, 5.74) is 1.04. The molecule has 1 aromatic rings. The molecule has 2 aliphatic rings. The summed E-state index contributed by atoms with van der Waals surface area (Å²) >= 11 is 0. The molecule has 0 aliphatic carbocycles. The highest BCUT2D eigenvalue weighted by Crippen LogP contribution is 2.31. The number of carboxylic acid groups (broad SMARTS) is 1. The van der Waals surface area contributed by atoms with Crippen molar-refractivity contribution in [2.24, 2.45) is 0 Å². The number of carboxylic acids is 1. The number of ether oxygens (including phenoxy) is 2. The Kier molecular flexibility index (Phi) is 5.21. The van der Waals surface area contributed by atoms with Gasteiger partial charge in [0.1, 0.15) is 18.3 Å². The number of hydrogen-bond donors (Lipinski definition) is 4. The lowest BCUT2D eigenvalue weighted by Crippen LogP contribution is -2.61. The fraction of sp³-hybridized carbons (Fsp3) is 0.625. The highest BCUT2D eigenvalue weighted by Gasteiger charge is 2.48. The Morgan fingerprint density at radius 3 is 2.60 bits per heavy atom. The summed E-state index contributed by atoms with van der Waals surface area (Å²) < 4.78 is 10.4. The van der Waals surface area contributed by atoms with Crippen LogP contribution in [0.5, 0.6) is 5.88 Å². The normalized spacial score (nSPS) is 36.3. The number of nitrogens with zero attached hydrogens (tertiary/aromatic N) is 2. The number of aromatic nitrogens is 1. The number of hydrogen-bond acceptors (Lipinski definition) is 8. The van der Waals surface area contributed by atoms with Gasteiger partial charge >= 0.3 is 5.97 Å². The van der Waals surface area contributed by atoms with Gasteiger partial charge in [-0.25, -0.2) is 9.78 Å². The third-order valence-electron chi connectivity index (χ3n) is 4.71. The average molecular weight is 354 g/mol.